The van der Waals surface area contributed by atoms with Crippen molar-refractivity contribution in [1.29, 1.82) is 0 Å². The molecule has 44 heavy (non-hydrogen) atoms. The standard InChI is InChI=1S/C39H23N5/c1-40-28-20-22-30-32-23-27(19-21-31(32)39-42-34-12-6-8-14-36(34)44(39)37(30)24-28)25-15-17-26(18-16-25)38-41-33-11-5-7-13-35(33)43(38)29-9-3-2-4-10-29/h2-24H. The second-order valence-corrected chi connectivity index (χ2v) is 11.0. The van der Waals surface area contributed by atoms with E-state index in [1.165, 1.54) is 0 Å². The Morgan fingerprint density at radius 2 is 1.16 bits per heavy atom. The summed E-state index contributed by atoms with van der Waals surface area (Å²) in [6.45, 7) is 7.63. The molecule has 0 amide bonds. The summed E-state index contributed by atoms with van der Waals surface area (Å²) < 4.78 is 4.42. The third kappa shape index (κ3) is 3.58. The van der Waals surface area contributed by atoms with Gasteiger partial charge in [0.2, 0.25) is 0 Å². The lowest BCUT2D eigenvalue weighted by Crippen LogP contribution is -1.97. The second-order valence-electron chi connectivity index (χ2n) is 11.0. The maximum atomic E-state index is 7.63. The molecule has 0 fully saturated rings. The van der Waals surface area contributed by atoms with Gasteiger partial charge in [-0.05, 0) is 71.1 Å². The third-order valence-electron chi connectivity index (χ3n) is 8.51. The summed E-state index contributed by atoms with van der Waals surface area (Å²) in [6.07, 6.45) is 0. The van der Waals surface area contributed by atoms with Gasteiger partial charge in [0.05, 0.1) is 28.6 Å². The average Bonchev–Trinajstić information content (AvgIpc) is 3.68. The minimum atomic E-state index is 0.615. The predicted molar refractivity (Wildman–Crippen MR) is 179 cm³/mol. The van der Waals surface area contributed by atoms with E-state index < -0.39 is 0 Å². The van der Waals surface area contributed by atoms with Gasteiger partial charge in [-0.1, -0.05) is 84.9 Å². The molecule has 5 heteroatoms. The molecule has 0 aliphatic rings. The van der Waals surface area contributed by atoms with Gasteiger partial charge in [0, 0.05) is 27.5 Å². The molecular weight excluding hydrogens is 538 g/mol. The third-order valence-corrected chi connectivity index (χ3v) is 8.51. The number of hydrogen-bond donors (Lipinski definition) is 0. The number of para-hydroxylation sites is 5. The fourth-order valence-corrected chi connectivity index (χ4v) is 6.46. The van der Waals surface area contributed by atoms with Gasteiger partial charge in [-0.15, -0.1) is 0 Å². The van der Waals surface area contributed by atoms with Crippen LogP contribution in [0.15, 0.2) is 140 Å². The summed E-state index contributed by atoms with van der Waals surface area (Å²) >= 11 is 0. The normalized spacial score (nSPS) is 11.6. The van der Waals surface area contributed by atoms with E-state index in [0.29, 0.717) is 5.69 Å². The van der Waals surface area contributed by atoms with Crippen LogP contribution in [0, 0.1) is 6.57 Å². The van der Waals surface area contributed by atoms with Gasteiger partial charge < -0.3 is 0 Å². The fourth-order valence-electron chi connectivity index (χ4n) is 6.46. The number of pyridine rings is 1. The summed E-state index contributed by atoms with van der Waals surface area (Å²) in [7, 11) is 0. The van der Waals surface area contributed by atoms with E-state index in [-0.39, 0.29) is 0 Å². The Labute approximate surface area is 252 Å². The van der Waals surface area contributed by atoms with Crippen LogP contribution in [0.1, 0.15) is 0 Å². The van der Waals surface area contributed by atoms with Crippen LogP contribution < -0.4 is 0 Å². The van der Waals surface area contributed by atoms with Gasteiger partial charge in [-0.25, -0.2) is 14.8 Å². The summed E-state index contributed by atoms with van der Waals surface area (Å²) in [5.74, 6) is 0.915. The zero-order chi connectivity index (χ0) is 29.2. The van der Waals surface area contributed by atoms with Crippen molar-refractivity contribution in [3.63, 3.8) is 0 Å². The highest BCUT2D eigenvalue weighted by Gasteiger charge is 2.16. The van der Waals surface area contributed by atoms with Gasteiger partial charge in [0.25, 0.3) is 0 Å². The Hall–Kier alpha value is -6.25. The van der Waals surface area contributed by atoms with Crippen LogP contribution in [0.25, 0.3) is 82.4 Å². The van der Waals surface area contributed by atoms with Crippen LogP contribution in [-0.2, 0) is 0 Å². The lowest BCUT2D eigenvalue weighted by Gasteiger charge is -2.12. The number of imidazole rings is 2. The molecule has 0 saturated carbocycles. The van der Waals surface area contributed by atoms with E-state index in [0.717, 1.165) is 77.6 Å². The Balaban J connectivity index is 1.22. The average molecular weight is 562 g/mol. The molecule has 3 aromatic heterocycles. The van der Waals surface area contributed by atoms with Crippen molar-refractivity contribution in [1.82, 2.24) is 18.9 Å². The highest BCUT2D eigenvalue weighted by Crippen LogP contribution is 2.37. The molecule has 5 nitrogen and oxygen atoms in total. The SMILES string of the molecule is [C-]#[N+]c1ccc2c3cc(-c4ccc(-c5nc6ccccc6n5-c5ccccc5)cc4)ccc3c3nc4ccccc4n3c2c1. The molecule has 0 atom stereocenters. The monoisotopic (exact) mass is 561 g/mol. The minimum absolute atomic E-state index is 0.615. The van der Waals surface area contributed by atoms with Gasteiger partial charge >= 0.3 is 0 Å². The summed E-state index contributed by atoms with van der Waals surface area (Å²) in [4.78, 5) is 13.8. The molecule has 204 valence electrons. The molecule has 0 unspecified atom stereocenters. The van der Waals surface area contributed by atoms with Gasteiger partial charge in [-0.2, -0.15) is 0 Å². The van der Waals surface area contributed by atoms with E-state index >= 15 is 0 Å². The molecular formula is C39H23N5. The minimum Gasteiger partial charge on any atom is -0.293 e. The van der Waals surface area contributed by atoms with Crippen molar-refractivity contribution in [2.45, 2.75) is 0 Å². The van der Waals surface area contributed by atoms with E-state index in [1.54, 1.807) is 0 Å². The molecule has 6 aromatic carbocycles. The Kier molecular flexibility index (Phi) is 5.19. The molecule has 0 aliphatic heterocycles. The topological polar surface area (TPSA) is 39.5 Å². The van der Waals surface area contributed by atoms with Crippen LogP contribution in [0.3, 0.4) is 0 Å². The summed E-state index contributed by atoms with van der Waals surface area (Å²) in [5, 5.41) is 3.30. The quantitative estimate of drug-likeness (QED) is 0.159. The maximum Gasteiger partial charge on any atom is 0.189 e. The lowest BCUT2D eigenvalue weighted by atomic mass is 9.98. The number of fused-ring (bicyclic) bond motifs is 9. The molecule has 9 aromatic rings. The molecule has 0 saturated heterocycles. The summed E-state index contributed by atoms with van der Waals surface area (Å²) in [6, 6.07) is 48.1. The van der Waals surface area contributed by atoms with Crippen molar-refractivity contribution >= 4 is 55.1 Å². The van der Waals surface area contributed by atoms with Crippen molar-refractivity contribution in [3.05, 3.63) is 151 Å². The van der Waals surface area contributed by atoms with E-state index in [2.05, 4.69) is 111 Å². The highest BCUT2D eigenvalue weighted by atomic mass is 15.1. The molecule has 9 rings (SSSR count). The zero-order valence-corrected chi connectivity index (χ0v) is 23.5. The largest absolute Gasteiger partial charge is 0.293 e. The lowest BCUT2D eigenvalue weighted by molar-refractivity contribution is 1.10. The number of rotatable bonds is 3. The molecule has 0 spiro atoms. The smallest absolute Gasteiger partial charge is 0.189 e. The first kappa shape index (κ1) is 24.4. The predicted octanol–water partition coefficient (Wildman–Crippen LogP) is 10.0. The van der Waals surface area contributed by atoms with Crippen LogP contribution in [0.5, 0.6) is 0 Å². The Bertz CT molecular complexity index is 2600. The number of hydrogen-bond acceptors (Lipinski definition) is 2. The van der Waals surface area contributed by atoms with Gasteiger partial charge in [0.1, 0.15) is 11.5 Å². The van der Waals surface area contributed by atoms with E-state index in [4.69, 9.17) is 16.5 Å². The fraction of sp³-hybridized carbons (Fsp3) is 0. The van der Waals surface area contributed by atoms with Crippen molar-refractivity contribution in [2.75, 3.05) is 0 Å². The van der Waals surface area contributed by atoms with Crippen LogP contribution in [-0.4, -0.2) is 18.9 Å². The molecule has 0 aliphatic carbocycles. The molecule has 0 N–H and O–H groups in total. The Morgan fingerprint density at radius 3 is 1.95 bits per heavy atom. The van der Waals surface area contributed by atoms with Crippen molar-refractivity contribution in [3.8, 4) is 28.2 Å². The van der Waals surface area contributed by atoms with Gasteiger partial charge in [0.15, 0.2) is 5.69 Å². The van der Waals surface area contributed by atoms with Crippen LogP contribution in [0.4, 0.5) is 5.69 Å². The Morgan fingerprint density at radius 1 is 0.500 bits per heavy atom. The molecule has 0 radical (unpaired) electrons. The first-order chi connectivity index (χ1) is 21.8. The first-order valence-electron chi connectivity index (χ1n) is 14.5. The number of nitrogens with zero attached hydrogens (tertiary/aromatic N) is 5. The molecule has 0 bridgehead atoms. The first-order valence-corrected chi connectivity index (χ1v) is 14.5. The second kappa shape index (κ2) is 9.38. The van der Waals surface area contributed by atoms with Crippen molar-refractivity contribution < 1.29 is 0 Å². The highest BCUT2D eigenvalue weighted by molar-refractivity contribution is 6.15. The van der Waals surface area contributed by atoms with Crippen LogP contribution in [0.2, 0.25) is 0 Å². The van der Waals surface area contributed by atoms with Crippen molar-refractivity contribution in [2.24, 2.45) is 0 Å². The maximum absolute atomic E-state index is 7.63. The molecule has 3 heterocycles. The number of benzene rings is 6. The van der Waals surface area contributed by atoms with Gasteiger partial charge in [-0.3, -0.25) is 8.97 Å². The number of aromatic nitrogens is 4. The van der Waals surface area contributed by atoms with E-state index in [9.17, 15) is 0 Å². The zero-order valence-electron chi connectivity index (χ0n) is 23.5. The van der Waals surface area contributed by atoms with E-state index in [1.807, 2.05) is 42.5 Å². The van der Waals surface area contributed by atoms with Crippen LogP contribution >= 0.6 is 0 Å². The summed E-state index contributed by atoms with van der Waals surface area (Å²) in [5.41, 5.74) is 10.9.